The van der Waals surface area contributed by atoms with Gasteiger partial charge >= 0.3 is 0 Å². The van der Waals surface area contributed by atoms with E-state index < -0.39 is 0 Å². The number of hydrogen-bond donors (Lipinski definition) is 1. The minimum absolute atomic E-state index is 0.0537. The zero-order chi connectivity index (χ0) is 18.5. The Morgan fingerprint density at radius 3 is 2.58 bits per heavy atom. The topological polar surface area (TPSA) is 56.2 Å². The van der Waals surface area contributed by atoms with E-state index in [-0.39, 0.29) is 5.91 Å². The summed E-state index contributed by atoms with van der Waals surface area (Å²) in [5.74, 6) is 1.79. The molecule has 0 unspecified atom stereocenters. The number of imidazole rings is 1. The van der Waals surface area contributed by atoms with Gasteiger partial charge in [-0.3, -0.25) is 4.79 Å². The van der Waals surface area contributed by atoms with Crippen molar-refractivity contribution in [2.24, 2.45) is 0 Å². The fourth-order valence-corrected chi connectivity index (χ4v) is 3.14. The number of fused-ring (bicyclic) bond motifs is 1. The maximum Gasteiger partial charge on any atom is 0.217 e. The molecule has 0 aliphatic rings. The van der Waals surface area contributed by atoms with Crippen LogP contribution >= 0.6 is 0 Å². The van der Waals surface area contributed by atoms with E-state index in [4.69, 9.17) is 4.74 Å². The van der Waals surface area contributed by atoms with Crippen molar-refractivity contribution in [3.05, 3.63) is 59.4 Å². The van der Waals surface area contributed by atoms with Crippen LogP contribution in [0.3, 0.4) is 0 Å². The first kappa shape index (κ1) is 18.0. The lowest BCUT2D eigenvalue weighted by Gasteiger charge is -2.13. The highest BCUT2D eigenvalue weighted by Gasteiger charge is 2.11. The molecule has 0 radical (unpaired) electrons. The van der Waals surface area contributed by atoms with Crippen LogP contribution < -0.4 is 10.1 Å². The van der Waals surface area contributed by atoms with Crippen LogP contribution in [0.4, 0.5) is 0 Å². The first-order valence-corrected chi connectivity index (χ1v) is 8.94. The number of carbonyl (C=O) groups excluding carboxylic acids is 1. The predicted octanol–water partition coefficient (Wildman–Crippen LogP) is 3.76. The molecular weight excluding hydrogens is 326 g/mol. The number of aryl methyl sites for hydroxylation is 3. The van der Waals surface area contributed by atoms with Crippen LogP contribution in [-0.2, 0) is 17.9 Å². The number of aromatic nitrogens is 2. The number of carbonyl (C=O) groups is 1. The zero-order valence-corrected chi connectivity index (χ0v) is 15.6. The van der Waals surface area contributed by atoms with Crippen LogP contribution in [0.2, 0.25) is 0 Å². The highest BCUT2D eigenvalue weighted by Crippen LogP contribution is 2.23. The van der Waals surface area contributed by atoms with Gasteiger partial charge in [0.25, 0.3) is 0 Å². The third-order valence-electron chi connectivity index (χ3n) is 4.41. The van der Waals surface area contributed by atoms with Gasteiger partial charge in [0.05, 0.1) is 24.2 Å². The maximum absolute atomic E-state index is 11.3. The summed E-state index contributed by atoms with van der Waals surface area (Å²) in [6.07, 6.45) is 0.862. The van der Waals surface area contributed by atoms with E-state index in [1.807, 2.05) is 24.3 Å². The van der Waals surface area contributed by atoms with Crippen molar-refractivity contribution in [1.29, 1.82) is 0 Å². The van der Waals surface area contributed by atoms with E-state index in [0.29, 0.717) is 13.2 Å². The van der Waals surface area contributed by atoms with Crippen LogP contribution in [-0.4, -0.2) is 22.1 Å². The van der Waals surface area contributed by atoms with Crippen LogP contribution in [0.15, 0.2) is 42.5 Å². The lowest BCUT2D eigenvalue weighted by atomic mass is 10.1. The molecule has 3 rings (SSSR count). The van der Waals surface area contributed by atoms with Gasteiger partial charge in [0.2, 0.25) is 5.91 Å². The SMILES string of the molecule is CC(=O)NCc1nc2ccccc2n1CCCOc1c(C)cccc1C. The first-order chi connectivity index (χ1) is 12.6. The number of ether oxygens (including phenoxy) is 1. The average molecular weight is 351 g/mol. The van der Waals surface area contributed by atoms with Gasteiger partial charge in [-0.05, 0) is 43.5 Å². The number of para-hydroxylation sites is 3. The summed E-state index contributed by atoms with van der Waals surface area (Å²) in [5.41, 5.74) is 4.34. The molecule has 26 heavy (non-hydrogen) atoms. The summed E-state index contributed by atoms with van der Waals surface area (Å²) in [6.45, 7) is 7.51. The van der Waals surface area contributed by atoms with Gasteiger partial charge in [-0.15, -0.1) is 0 Å². The van der Waals surface area contributed by atoms with Crippen LogP contribution in [0.25, 0.3) is 11.0 Å². The maximum atomic E-state index is 11.3. The standard InChI is InChI=1S/C21H25N3O2/c1-15-8-6-9-16(2)21(15)26-13-7-12-24-19-11-5-4-10-18(19)23-20(24)14-22-17(3)25/h4-6,8-11H,7,12-14H2,1-3H3,(H,22,25). The molecule has 0 aliphatic carbocycles. The van der Waals surface area contributed by atoms with E-state index in [0.717, 1.165) is 46.7 Å². The number of nitrogens with one attached hydrogen (secondary N) is 1. The third kappa shape index (κ3) is 4.04. The molecule has 1 amide bonds. The zero-order valence-electron chi connectivity index (χ0n) is 15.6. The van der Waals surface area contributed by atoms with Crippen molar-refractivity contribution in [3.8, 4) is 5.75 Å². The molecule has 0 bridgehead atoms. The number of hydrogen-bond acceptors (Lipinski definition) is 3. The van der Waals surface area contributed by atoms with Gasteiger partial charge in [0, 0.05) is 13.5 Å². The van der Waals surface area contributed by atoms with Crippen LogP contribution in [0.5, 0.6) is 5.75 Å². The molecule has 0 aliphatic heterocycles. The molecule has 2 aromatic carbocycles. The second kappa shape index (κ2) is 8.04. The van der Waals surface area contributed by atoms with Crippen molar-refractivity contribution in [3.63, 3.8) is 0 Å². The van der Waals surface area contributed by atoms with E-state index in [1.54, 1.807) is 0 Å². The molecule has 0 fully saturated rings. The summed E-state index contributed by atoms with van der Waals surface area (Å²) in [4.78, 5) is 15.9. The van der Waals surface area contributed by atoms with Crippen molar-refractivity contribution in [2.75, 3.05) is 6.61 Å². The Hall–Kier alpha value is -2.82. The second-order valence-electron chi connectivity index (χ2n) is 6.50. The Labute approximate surface area is 154 Å². The molecule has 0 spiro atoms. The molecule has 3 aromatic rings. The summed E-state index contributed by atoms with van der Waals surface area (Å²) in [6, 6.07) is 14.2. The fraction of sp³-hybridized carbons (Fsp3) is 0.333. The monoisotopic (exact) mass is 351 g/mol. The smallest absolute Gasteiger partial charge is 0.217 e. The molecule has 0 saturated carbocycles. The number of benzene rings is 2. The summed E-state index contributed by atoms with van der Waals surface area (Å²) >= 11 is 0. The van der Waals surface area contributed by atoms with Gasteiger partial charge in [-0.25, -0.2) is 4.98 Å². The molecular formula is C21H25N3O2. The number of amides is 1. The minimum atomic E-state index is -0.0537. The molecule has 1 N–H and O–H groups in total. The third-order valence-corrected chi connectivity index (χ3v) is 4.41. The molecule has 0 saturated heterocycles. The first-order valence-electron chi connectivity index (χ1n) is 8.94. The van der Waals surface area contributed by atoms with E-state index >= 15 is 0 Å². The molecule has 136 valence electrons. The van der Waals surface area contributed by atoms with Crippen molar-refractivity contribution < 1.29 is 9.53 Å². The fourth-order valence-electron chi connectivity index (χ4n) is 3.14. The summed E-state index contributed by atoms with van der Waals surface area (Å²) in [7, 11) is 0. The Bertz CT molecular complexity index is 895. The van der Waals surface area contributed by atoms with E-state index in [9.17, 15) is 4.79 Å². The Kier molecular flexibility index (Phi) is 5.56. The van der Waals surface area contributed by atoms with E-state index in [2.05, 4.69) is 46.9 Å². The number of rotatable bonds is 7. The summed E-state index contributed by atoms with van der Waals surface area (Å²) < 4.78 is 8.18. The van der Waals surface area contributed by atoms with Crippen LogP contribution in [0, 0.1) is 13.8 Å². The molecule has 1 aromatic heterocycles. The quantitative estimate of drug-likeness (QED) is 0.660. The normalized spacial score (nSPS) is 10.9. The number of nitrogens with zero attached hydrogens (tertiary/aromatic N) is 2. The van der Waals surface area contributed by atoms with E-state index in [1.165, 1.54) is 6.92 Å². The largest absolute Gasteiger partial charge is 0.493 e. The lowest BCUT2D eigenvalue weighted by Crippen LogP contribution is -2.22. The van der Waals surface area contributed by atoms with Gasteiger partial charge < -0.3 is 14.6 Å². The van der Waals surface area contributed by atoms with Crippen molar-refractivity contribution in [2.45, 2.75) is 40.3 Å². The molecule has 5 heteroatoms. The highest BCUT2D eigenvalue weighted by atomic mass is 16.5. The minimum Gasteiger partial charge on any atom is -0.493 e. The predicted molar refractivity (Wildman–Crippen MR) is 103 cm³/mol. The van der Waals surface area contributed by atoms with Crippen molar-refractivity contribution >= 4 is 16.9 Å². The van der Waals surface area contributed by atoms with Gasteiger partial charge in [-0.2, -0.15) is 0 Å². The Morgan fingerprint density at radius 2 is 1.85 bits per heavy atom. The Balaban J connectivity index is 1.69. The van der Waals surface area contributed by atoms with Gasteiger partial charge in [0.15, 0.2) is 0 Å². The Morgan fingerprint density at radius 1 is 1.12 bits per heavy atom. The molecule has 0 atom stereocenters. The lowest BCUT2D eigenvalue weighted by molar-refractivity contribution is -0.119. The second-order valence-corrected chi connectivity index (χ2v) is 6.50. The highest BCUT2D eigenvalue weighted by molar-refractivity contribution is 5.76. The average Bonchev–Trinajstić information content (AvgIpc) is 2.96. The summed E-state index contributed by atoms with van der Waals surface area (Å²) in [5, 5.41) is 2.84. The van der Waals surface area contributed by atoms with Crippen molar-refractivity contribution in [1.82, 2.24) is 14.9 Å². The molecule has 1 heterocycles. The van der Waals surface area contributed by atoms with Gasteiger partial charge in [0.1, 0.15) is 11.6 Å². The van der Waals surface area contributed by atoms with Gasteiger partial charge in [-0.1, -0.05) is 30.3 Å². The van der Waals surface area contributed by atoms with Crippen LogP contribution in [0.1, 0.15) is 30.3 Å². The molecule has 5 nitrogen and oxygen atoms in total.